The normalized spacial score (nSPS) is 12.3. The summed E-state index contributed by atoms with van der Waals surface area (Å²) in [4.78, 5) is 4.34. The molecule has 0 aliphatic rings. The lowest BCUT2D eigenvalue weighted by atomic mass is 10.1. The smallest absolute Gasteiger partial charge is 0.145 e. The Morgan fingerprint density at radius 2 is 1.81 bits per heavy atom. The maximum atomic E-state index is 10.2. The van der Waals surface area contributed by atoms with Crippen LogP contribution in [0.3, 0.4) is 0 Å². The zero-order chi connectivity index (χ0) is 14.7. The van der Waals surface area contributed by atoms with Crippen LogP contribution in [0.5, 0.6) is 5.75 Å². The van der Waals surface area contributed by atoms with Crippen molar-refractivity contribution in [1.29, 1.82) is 0 Å². The van der Waals surface area contributed by atoms with Crippen LogP contribution in [0.2, 0.25) is 0 Å². The highest BCUT2D eigenvalue weighted by Crippen LogP contribution is 2.24. The van der Waals surface area contributed by atoms with Gasteiger partial charge in [-0.3, -0.25) is 4.98 Å². The van der Waals surface area contributed by atoms with Crippen molar-refractivity contribution < 1.29 is 9.84 Å². The summed E-state index contributed by atoms with van der Waals surface area (Å²) in [6, 6.07) is 17.5. The minimum atomic E-state index is -0.649. The van der Waals surface area contributed by atoms with Gasteiger partial charge in [-0.2, -0.15) is 0 Å². The highest BCUT2D eigenvalue weighted by Gasteiger charge is 2.10. The van der Waals surface area contributed by atoms with Gasteiger partial charge in [-0.1, -0.05) is 48.0 Å². The molecule has 0 saturated carbocycles. The standard InChI is InChI=1S/C18H17NO2/c1-13-7-9-14(10-8-13)16(20)12-21-17-6-2-4-15-5-3-11-19-18(15)17/h2-11,16,20H,12H2,1H3. The maximum Gasteiger partial charge on any atom is 0.145 e. The Balaban J connectivity index is 1.76. The molecule has 0 radical (unpaired) electrons. The molecule has 1 unspecified atom stereocenters. The summed E-state index contributed by atoms with van der Waals surface area (Å²) in [7, 11) is 0. The molecule has 1 atom stereocenters. The molecule has 0 spiro atoms. The predicted molar refractivity (Wildman–Crippen MR) is 83.4 cm³/mol. The topological polar surface area (TPSA) is 42.4 Å². The van der Waals surface area contributed by atoms with Crippen LogP contribution in [0, 0.1) is 6.92 Å². The highest BCUT2D eigenvalue weighted by molar-refractivity contribution is 5.84. The van der Waals surface area contributed by atoms with E-state index in [-0.39, 0.29) is 6.61 Å². The number of aryl methyl sites for hydroxylation is 1. The number of nitrogens with zero attached hydrogens (tertiary/aromatic N) is 1. The molecule has 0 aliphatic heterocycles. The molecule has 3 nitrogen and oxygen atoms in total. The van der Waals surface area contributed by atoms with Crippen molar-refractivity contribution in [2.75, 3.05) is 6.61 Å². The minimum absolute atomic E-state index is 0.207. The first-order valence-corrected chi connectivity index (χ1v) is 6.95. The second-order valence-electron chi connectivity index (χ2n) is 5.07. The Hall–Kier alpha value is -2.39. The van der Waals surface area contributed by atoms with E-state index in [1.807, 2.05) is 61.5 Å². The zero-order valence-electron chi connectivity index (χ0n) is 11.9. The first kappa shape index (κ1) is 13.6. The lowest BCUT2D eigenvalue weighted by molar-refractivity contribution is 0.109. The molecule has 0 amide bonds. The molecular formula is C18H17NO2. The second kappa shape index (κ2) is 5.94. The number of benzene rings is 2. The Kier molecular flexibility index (Phi) is 3.84. The van der Waals surface area contributed by atoms with Gasteiger partial charge in [0.25, 0.3) is 0 Å². The number of fused-ring (bicyclic) bond motifs is 1. The van der Waals surface area contributed by atoms with Gasteiger partial charge in [0, 0.05) is 11.6 Å². The van der Waals surface area contributed by atoms with Gasteiger partial charge >= 0.3 is 0 Å². The number of hydrogen-bond acceptors (Lipinski definition) is 3. The minimum Gasteiger partial charge on any atom is -0.488 e. The van der Waals surface area contributed by atoms with E-state index >= 15 is 0 Å². The lowest BCUT2D eigenvalue weighted by Crippen LogP contribution is -2.10. The average Bonchev–Trinajstić information content (AvgIpc) is 2.53. The Morgan fingerprint density at radius 1 is 1.05 bits per heavy atom. The summed E-state index contributed by atoms with van der Waals surface area (Å²) in [5.41, 5.74) is 2.84. The molecule has 1 aromatic heterocycles. The molecule has 3 rings (SSSR count). The number of pyridine rings is 1. The van der Waals surface area contributed by atoms with Crippen LogP contribution >= 0.6 is 0 Å². The van der Waals surface area contributed by atoms with Gasteiger partial charge in [-0.15, -0.1) is 0 Å². The van der Waals surface area contributed by atoms with Crippen molar-refractivity contribution in [2.24, 2.45) is 0 Å². The fraction of sp³-hybridized carbons (Fsp3) is 0.167. The molecule has 106 valence electrons. The molecule has 0 fully saturated rings. The van der Waals surface area contributed by atoms with Crippen LogP contribution in [0.4, 0.5) is 0 Å². The maximum absolute atomic E-state index is 10.2. The monoisotopic (exact) mass is 279 g/mol. The molecule has 1 heterocycles. The van der Waals surface area contributed by atoms with Gasteiger partial charge in [0.05, 0.1) is 0 Å². The Labute approximate surface area is 123 Å². The number of ether oxygens (including phenoxy) is 1. The Morgan fingerprint density at radius 3 is 2.62 bits per heavy atom. The molecule has 0 aliphatic carbocycles. The predicted octanol–water partition coefficient (Wildman–Crippen LogP) is 3.66. The molecule has 0 saturated heterocycles. The third-order valence-corrected chi connectivity index (χ3v) is 3.45. The fourth-order valence-electron chi connectivity index (χ4n) is 2.25. The SMILES string of the molecule is Cc1ccc(C(O)COc2cccc3cccnc23)cc1. The van der Waals surface area contributed by atoms with E-state index in [1.54, 1.807) is 6.20 Å². The van der Waals surface area contributed by atoms with Crippen molar-refractivity contribution in [3.63, 3.8) is 0 Å². The van der Waals surface area contributed by atoms with Gasteiger partial charge < -0.3 is 9.84 Å². The van der Waals surface area contributed by atoms with Gasteiger partial charge in [0.2, 0.25) is 0 Å². The summed E-state index contributed by atoms with van der Waals surface area (Å²) >= 11 is 0. The van der Waals surface area contributed by atoms with E-state index in [0.717, 1.165) is 16.5 Å². The second-order valence-corrected chi connectivity index (χ2v) is 5.07. The molecule has 2 aromatic carbocycles. The summed E-state index contributed by atoms with van der Waals surface area (Å²) < 4.78 is 5.75. The van der Waals surface area contributed by atoms with Gasteiger partial charge in [-0.05, 0) is 24.6 Å². The van der Waals surface area contributed by atoms with Crippen LogP contribution in [-0.2, 0) is 0 Å². The Bertz CT molecular complexity index is 732. The summed E-state index contributed by atoms with van der Waals surface area (Å²) in [5, 5.41) is 11.2. The summed E-state index contributed by atoms with van der Waals surface area (Å²) in [6.45, 7) is 2.23. The van der Waals surface area contributed by atoms with E-state index in [9.17, 15) is 5.11 Å². The highest BCUT2D eigenvalue weighted by atomic mass is 16.5. The van der Waals surface area contributed by atoms with Gasteiger partial charge in [0.1, 0.15) is 24.0 Å². The van der Waals surface area contributed by atoms with Crippen molar-refractivity contribution in [2.45, 2.75) is 13.0 Å². The van der Waals surface area contributed by atoms with E-state index in [0.29, 0.717) is 5.75 Å². The number of aliphatic hydroxyl groups excluding tert-OH is 1. The van der Waals surface area contributed by atoms with Gasteiger partial charge in [-0.25, -0.2) is 0 Å². The van der Waals surface area contributed by atoms with E-state index in [2.05, 4.69) is 4.98 Å². The largest absolute Gasteiger partial charge is 0.488 e. The number of rotatable bonds is 4. The van der Waals surface area contributed by atoms with Crippen LogP contribution in [-0.4, -0.2) is 16.7 Å². The van der Waals surface area contributed by atoms with E-state index in [4.69, 9.17) is 4.74 Å². The van der Waals surface area contributed by atoms with Crippen molar-refractivity contribution >= 4 is 10.9 Å². The van der Waals surface area contributed by atoms with Crippen molar-refractivity contribution in [3.05, 3.63) is 71.9 Å². The van der Waals surface area contributed by atoms with Crippen LogP contribution in [0.25, 0.3) is 10.9 Å². The lowest BCUT2D eigenvalue weighted by Gasteiger charge is -2.14. The molecular weight excluding hydrogens is 262 g/mol. The van der Waals surface area contributed by atoms with Crippen LogP contribution in [0.15, 0.2) is 60.8 Å². The molecule has 0 bridgehead atoms. The van der Waals surface area contributed by atoms with Crippen molar-refractivity contribution in [1.82, 2.24) is 4.98 Å². The third kappa shape index (κ3) is 3.03. The molecule has 3 aromatic rings. The number of hydrogen-bond donors (Lipinski definition) is 1. The number of aliphatic hydroxyl groups is 1. The molecule has 1 N–H and O–H groups in total. The molecule has 21 heavy (non-hydrogen) atoms. The summed E-state index contributed by atoms with van der Waals surface area (Å²) in [6.07, 6.45) is 1.09. The average molecular weight is 279 g/mol. The van der Waals surface area contributed by atoms with Crippen LogP contribution < -0.4 is 4.74 Å². The zero-order valence-corrected chi connectivity index (χ0v) is 11.9. The molecule has 3 heteroatoms. The van der Waals surface area contributed by atoms with E-state index in [1.165, 1.54) is 5.56 Å². The number of aromatic nitrogens is 1. The number of para-hydroxylation sites is 1. The first-order valence-electron chi connectivity index (χ1n) is 6.95. The van der Waals surface area contributed by atoms with Crippen molar-refractivity contribution in [3.8, 4) is 5.75 Å². The third-order valence-electron chi connectivity index (χ3n) is 3.45. The summed E-state index contributed by atoms with van der Waals surface area (Å²) in [5.74, 6) is 0.694. The quantitative estimate of drug-likeness (QED) is 0.792. The van der Waals surface area contributed by atoms with E-state index < -0.39 is 6.10 Å². The first-order chi connectivity index (χ1) is 10.2. The van der Waals surface area contributed by atoms with Crippen LogP contribution in [0.1, 0.15) is 17.2 Å². The fourth-order valence-corrected chi connectivity index (χ4v) is 2.25. The van der Waals surface area contributed by atoms with Gasteiger partial charge in [0.15, 0.2) is 0 Å².